The standard InChI is InChI=1S/C10H12ClNO3S/c1-16(14,15)12-5-4-10(13)8-6-7(11)2-3-9(8)12/h2-3,6,10,13H,4-5H2,1H3. The van der Waals surface area contributed by atoms with Gasteiger partial charge in [0.25, 0.3) is 0 Å². The number of rotatable bonds is 1. The third-order valence-corrected chi connectivity index (χ3v) is 4.04. The monoisotopic (exact) mass is 261 g/mol. The predicted molar refractivity (Wildman–Crippen MR) is 63.2 cm³/mol. The SMILES string of the molecule is CS(=O)(=O)N1CCC(O)c2cc(Cl)ccc21. The van der Waals surface area contributed by atoms with Crippen molar-refractivity contribution in [2.45, 2.75) is 12.5 Å². The van der Waals surface area contributed by atoms with Crippen LogP contribution in [-0.4, -0.2) is 26.3 Å². The lowest BCUT2D eigenvalue weighted by atomic mass is 10.0. The summed E-state index contributed by atoms with van der Waals surface area (Å²) in [5, 5.41) is 10.3. The first-order chi connectivity index (χ1) is 7.39. The number of hydrogen-bond acceptors (Lipinski definition) is 3. The number of fused-ring (bicyclic) bond motifs is 1. The molecule has 4 nitrogen and oxygen atoms in total. The lowest BCUT2D eigenvalue weighted by molar-refractivity contribution is 0.166. The van der Waals surface area contributed by atoms with Gasteiger partial charge in [0.1, 0.15) is 0 Å². The molecule has 0 spiro atoms. The van der Waals surface area contributed by atoms with Crippen molar-refractivity contribution in [2.24, 2.45) is 0 Å². The van der Waals surface area contributed by atoms with Gasteiger partial charge in [0.05, 0.1) is 18.0 Å². The smallest absolute Gasteiger partial charge is 0.232 e. The molecule has 0 saturated carbocycles. The Morgan fingerprint density at radius 2 is 2.19 bits per heavy atom. The van der Waals surface area contributed by atoms with E-state index in [1.165, 1.54) is 4.31 Å². The van der Waals surface area contributed by atoms with E-state index in [2.05, 4.69) is 0 Å². The number of halogens is 1. The van der Waals surface area contributed by atoms with Crippen molar-refractivity contribution in [2.75, 3.05) is 17.1 Å². The average Bonchev–Trinajstić information content (AvgIpc) is 2.17. The van der Waals surface area contributed by atoms with Crippen LogP contribution in [0.1, 0.15) is 18.1 Å². The summed E-state index contributed by atoms with van der Waals surface area (Å²) < 4.78 is 24.4. The topological polar surface area (TPSA) is 57.6 Å². The minimum atomic E-state index is -3.30. The summed E-state index contributed by atoms with van der Waals surface area (Å²) in [6, 6.07) is 4.86. The van der Waals surface area contributed by atoms with Gasteiger partial charge < -0.3 is 5.11 Å². The first-order valence-corrected chi connectivity index (χ1v) is 7.07. The number of aliphatic hydroxyl groups is 1. The van der Waals surface area contributed by atoms with Crippen molar-refractivity contribution in [3.8, 4) is 0 Å². The van der Waals surface area contributed by atoms with Crippen LogP contribution in [0.15, 0.2) is 18.2 Å². The van der Waals surface area contributed by atoms with Crippen molar-refractivity contribution in [1.29, 1.82) is 0 Å². The molecule has 1 aliphatic heterocycles. The van der Waals surface area contributed by atoms with Crippen molar-refractivity contribution >= 4 is 27.3 Å². The molecule has 1 atom stereocenters. The van der Waals surface area contributed by atoms with E-state index in [-0.39, 0.29) is 0 Å². The molecule has 1 N–H and O–H groups in total. The molecule has 1 heterocycles. The molecule has 1 aliphatic rings. The second-order valence-corrected chi connectivity index (χ2v) is 6.19. The fourth-order valence-electron chi connectivity index (χ4n) is 1.88. The maximum atomic E-state index is 11.6. The zero-order valence-electron chi connectivity index (χ0n) is 8.72. The van der Waals surface area contributed by atoms with Crippen molar-refractivity contribution in [1.82, 2.24) is 0 Å². The summed E-state index contributed by atoms with van der Waals surface area (Å²) in [7, 11) is -3.30. The Kier molecular flexibility index (Phi) is 2.86. The van der Waals surface area contributed by atoms with Crippen LogP contribution < -0.4 is 4.31 Å². The van der Waals surface area contributed by atoms with Crippen molar-refractivity contribution < 1.29 is 13.5 Å². The van der Waals surface area contributed by atoms with Gasteiger partial charge in [-0.15, -0.1) is 0 Å². The highest BCUT2D eigenvalue weighted by Crippen LogP contribution is 2.36. The molecule has 0 bridgehead atoms. The van der Waals surface area contributed by atoms with E-state index in [1.54, 1.807) is 18.2 Å². The van der Waals surface area contributed by atoms with Gasteiger partial charge in [0.2, 0.25) is 10.0 Å². The Morgan fingerprint density at radius 3 is 2.81 bits per heavy atom. The van der Waals surface area contributed by atoms with Gasteiger partial charge in [-0.05, 0) is 24.6 Å². The zero-order chi connectivity index (χ0) is 11.9. The average molecular weight is 262 g/mol. The molecule has 0 fully saturated rings. The fourth-order valence-corrected chi connectivity index (χ4v) is 3.02. The van der Waals surface area contributed by atoms with Gasteiger partial charge in [-0.25, -0.2) is 8.42 Å². The molecular formula is C10H12ClNO3S. The van der Waals surface area contributed by atoms with E-state index < -0.39 is 16.1 Å². The third-order valence-electron chi connectivity index (χ3n) is 2.62. The lowest BCUT2D eigenvalue weighted by Gasteiger charge is -2.31. The summed E-state index contributed by atoms with van der Waals surface area (Å²) in [5.41, 5.74) is 1.09. The minimum absolute atomic E-state index is 0.300. The Hall–Kier alpha value is -0.780. The van der Waals surface area contributed by atoms with Crippen LogP contribution in [0.3, 0.4) is 0 Å². The largest absolute Gasteiger partial charge is 0.388 e. The zero-order valence-corrected chi connectivity index (χ0v) is 10.3. The molecule has 1 unspecified atom stereocenters. The molecule has 1 aromatic rings. The van der Waals surface area contributed by atoms with E-state index in [0.717, 1.165) is 6.26 Å². The summed E-state index contributed by atoms with van der Waals surface area (Å²) in [5.74, 6) is 0. The molecule has 0 radical (unpaired) electrons. The number of nitrogens with zero attached hydrogens (tertiary/aromatic N) is 1. The van der Waals surface area contributed by atoms with Crippen LogP contribution >= 0.6 is 11.6 Å². The van der Waals surface area contributed by atoms with Gasteiger partial charge in [-0.2, -0.15) is 0 Å². The van der Waals surface area contributed by atoms with Crippen LogP contribution in [0.4, 0.5) is 5.69 Å². The van der Waals surface area contributed by atoms with E-state index in [9.17, 15) is 13.5 Å². The summed E-state index contributed by atoms with van der Waals surface area (Å²) in [6.07, 6.45) is 0.899. The highest BCUT2D eigenvalue weighted by atomic mass is 35.5. The van der Waals surface area contributed by atoms with Gasteiger partial charge in [0, 0.05) is 17.1 Å². The molecule has 0 aromatic heterocycles. The molecule has 2 rings (SSSR count). The van der Waals surface area contributed by atoms with Crippen LogP contribution in [0, 0.1) is 0 Å². The normalized spacial score (nSPS) is 20.7. The Labute approximate surface area is 99.5 Å². The van der Waals surface area contributed by atoms with E-state index in [1.807, 2.05) is 0 Å². The van der Waals surface area contributed by atoms with Gasteiger partial charge in [-0.1, -0.05) is 11.6 Å². The number of aliphatic hydroxyl groups excluding tert-OH is 1. The van der Waals surface area contributed by atoms with Gasteiger partial charge in [-0.3, -0.25) is 4.31 Å². The molecule has 16 heavy (non-hydrogen) atoms. The molecule has 0 aliphatic carbocycles. The molecule has 0 saturated heterocycles. The van der Waals surface area contributed by atoms with E-state index >= 15 is 0 Å². The van der Waals surface area contributed by atoms with Crippen molar-refractivity contribution in [3.63, 3.8) is 0 Å². The van der Waals surface area contributed by atoms with Crippen LogP contribution in [0.5, 0.6) is 0 Å². The molecule has 6 heteroatoms. The highest BCUT2D eigenvalue weighted by Gasteiger charge is 2.28. The first-order valence-electron chi connectivity index (χ1n) is 4.85. The Morgan fingerprint density at radius 1 is 1.50 bits per heavy atom. The Balaban J connectivity index is 2.57. The highest BCUT2D eigenvalue weighted by molar-refractivity contribution is 7.92. The van der Waals surface area contributed by atoms with E-state index in [0.29, 0.717) is 29.2 Å². The van der Waals surface area contributed by atoms with Crippen LogP contribution in [0.25, 0.3) is 0 Å². The second-order valence-electron chi connectivity index (χ2n) is 3.84. The molecule has 1 aromatic carbocycles. The van der Waals surface area contributed by atoms with E-state index in [4.69, 9.17) is 11.6 Å². The number of benzene rings is 1. The summed E-state index contributed by atoms with van der Waals surface area (Å²) in [4.78, 5) is 0. The maximum absolute atomic E-state index is 11.6. The van der Waals surface area contributed by atoms with Crippen molar-refractivity contribution in [3.05, 3.63) is 28.8 Å². The quantitative estimate of drug-likeness (QED) is 0.834. The minimum Gasteiger partial charge on any atom is -0.388 e. The Bertz CT molecular complexity index is 515. The first kappa shape index (κ1) is 11.7. The number of sulfonamides is 1. The second kappa shape index (κ2) is 3.91. The number of hydrogen-bond donors (Lipinski definition) is 1. The van der Waals surface area contributed by atoms with Crippen LogP contribution in [-0.2, 0) is 10.0 Å². The fraction of sp³-hybridized carbons (Fsp3) is 0.400. The number of anilines is 1. The lowest BCUT2D eigenvalue weighted by Crippen LogP contribution is -2.35. The van der Waals surface area contributed by atoms with Crippen LogP contribution in [0.2, 0.25) is 5.02 Å². The van der Waals surface area contributed by atoms with Gasteiger partial charge in [0.15, 0.2) is 0 Å². The predicted octanol–water partition coefficient (Wildman–Crippen LogP) is 1.54. The maximum Gasteiger partial charge on any atom is 0.232 e. The molecular weight excluding hydrogens is 250 g/mol. The summed E-state index contributed by atoms with van der Waals surface area (Å²) >= 11 is 5.82. The van der Waals surface area contributed by atoms with Gasteiger partial charge >= 0.3 is 0 Å². The molecule has 0 amide bonds. The molecule has 88 valence electrons. The third kappa shape index (κ3) is 2.03. The summed E-state index contributed by atoms with van der Waals surface area (Å²) in [6.45, 7) is 0.300.